The van der Waals surface area contributed by atoms with Crippen LogP contribution in [-0.2, 0) is 4.79 Å². The van der Waals surface area contributed by atoms with Crippen molar-refractivity contribution in [3.8, 4) is 0 Å². The third-order valence-electron chi connectivity index (χ3n) is 4.19. The molecule has 1 aliphatic rings. The number of nitrogens with one attached hydrogen (secondary N) is 2. The molecule has 1 amide bonds. The Labute approximate surface area is 128 Å². The number of amides is 1. The van der Waals surface area contributed by atoms with E-state index in [1.807, 2.05) is 18.2 Å². The summed E-state index contributed by atoms with van der Waals surface area (Å²) in [5, 5.41) is 6.59. The van der Waals surface area contributed by atoms with Gasteiger partial charge >= 0.3 is 0 Å². The van der Waals surface area contributed by atoms with Gasteiger partial charge < -0.3 is 10.6 Å². The number of carbonyl (C=O) groups excluding carboxylic acids is 1. The minimum absolute atomic E-state index is 0.0894. The molecule has 3 heteroatoms. The Hall–Kier alpha value is -1.35. The van der Waals surface area contributed by atoms with Crippen molar-refractivity contribution in [2.75, 3.05) is 13.1 Å². The monoisotopic (exact) mass is 288 g/mol. The van der Waals surface area contributed by atoms with E-state index in [9.17, 15) is 4.79 Å². The summed E-state index contributed by atoms with van der Waals surface area (Å²) in [6, 6.07) is 10.4. The minimum atomic E-state index is 0.0894. The van der Waals surface area contributed by atoms with Crippen LogP contribution in [0.5, 0.6) is 0 Å². The quantitative estimate of drug-likeness (QED) is 0.893. The molecule has 116 valence electrons. The highest BCUT2D eigenvalue weighted by Gasteiger charge is 2.31. The largest absolute Gasteiger partial charge is 0.349 e. The molecule has 21 heavy (non-hydrogen) atoms. The van der Waals surface area contributed by atoms with E-state index in [-0.39, 0.29) is 23.3 Å². The van der Waals surface area contributed by atoms with Gasteiger partial charge in [0.2, 0.25) is 5.91 Å². The lowest BCUT2D eigenvalue weighted by Gasteiger charge is -2.28. The zero-order chi connectivity index (χ0) is 15.5. The molecule has 0 aliphatic carbocycles. The van der Waals surface area contributed by atoms with Crippen LogP contribution in [0.3, 0.4) is 0 Å². The van der Waals surface area contributed by atoms with Crippen molar-refractivity contribution in [2.24, 2.45) is 17.3 Å². The highest BCUT2D eigenvalue weighted by atomic mass is 16.2. The van der Waals surface area contributed by atoms with Crippen LogP contribution in [-0.4, -0.2) is 19.0 Å². The molecule has 0 bridgehead atoms. The van der Waals surface area contributed by atoms with Gasteiger partial charge in [0.05, 0.1) is 12.0 Å². The average molecular weight is 288 g/mol. The first-order valence-corrected chi connectivity index (χ1v) is 7.93. The van der Waals surface area contributed by atoms with Gasteiger partial charge in [-0.15, -0.1) is 0 Å². The number of hydrogen-bond acceptors (Lipinski definition) is 2. The molecule has 0 radical (unpaired) electrons. The van der Waals surface area contributed by atoms with Crippen LogP contribution < -0.4 is 10.6 Å². The van der Waals surface area contributed by atoms with Crippen molar-refractivity contribution in [1.82, 2.24) is 10.6 Å². The van der Waals surface area contributed by atoms with E-state index in [2.05, 4.69) is 50.5 Å². The molecule has 1 heterocycles. The number of carbonyl (C=O) groups is 1. The summed E-state index contributed by atoms with van der Waals surface area (Å²) in [6.07, 6.45) is 0.942. The highest BCUT2D eigenvalue weighted by molar-refractivity contribution is 5.80. The third kappa shape index (κ3) is 4.57. The van der Waals surface area contributed by atoms with Crippen LogP contribution in [0.15, 0.2) is 30.3 Å². The van der Waals surface area contributed by atoms with Crippen LogP contribution in [0.2, 0.25) is 0 Å². The minimum Gasteiger partial charge on any atom is -0.349 e. The van der Waals surface area contributed by atoms with Gasteiger partial charge in [-0.25, -0.2) is 0 Å². The molecule has 1 aromatic rings. The van der Waals surface area contributed by atoms with Crippen molar-refractivity contribution in [2.45, 2.75) is 40.2 Å². The fourth-order valence-electron chi connectivity index (χ4n) is 2.99. The van der Waals surface area contributed by atoms with E-state index < -0.39 is 0 Å². The summed E-state index contributed by atoms with van der Waals surface area (Å²) in [7, 11) is 0. The Balaban J connectivity index is 2.10. The van der Waals surface area contributed by atoms with Crippen molar-refractivity contribution in [1.29, 1.82) is 0 Å². The summed E-state index contributed by atoms with van der Waals surface area (Å²) in [4.78, 5) is 12.6. The molecule has 0 aromatic heterocycles. The maximum Gasteiger partial charge on any atom is 0.225 e. The number of benzene rings is 1. The standard InChI is InChI=1S/C18H28N2O/c1-13-11-19-12-15(13)17(21)20-16(10-18(2,3)4)14-8-6-5-7-9-14/h5-9,13,15-16,19H,10-12H2,1-4H3,(H,20,21)/t13-,15-,16?/m1/s1. The SMILES string of the molecule is C[C@@H]1CNC[C@H]1C(=O)NC(CC(C)(C)C)c1ccccc1. The smallest absolute Gasteiger partial charge is 0.225 e. The predicted molar refractivity (Wildman–Crippen MR) is 86.9 cm³/mol. The molecule has 0 spiro atoms. The van der Waals surface area contributed by atoms with Crippen LogP contribution in [0, 0.1) is 17.3 Å². The van der Waals surface area contributed by atoms with E-state index in [4.69, 9.17) is 0 Å². The van der Waals surface area contributed by atoms with Gasteiger partial charge in [0.15, 0.2) is 0 Å². The molecular weight excluding hydrogens is 260 g/mol. The molecule has 2 N–H and O–H groups in total. The maximum absolute atomic E-state index is 12.6. The van der Waals surface area contributed by atoms with E-state index in [1.54, 1.807) is 0 Å². The van der Waals surface area contributed by atoms with E-state index >= 15 is 0 Å². The third-order valence-corrected chi connectivity index (χ3v) is 4.19. The van der Waals surface area contributed by atoms with Gasteiger partial charge in [-0.05, 0) is 29.9 Å². The lowest BCUT2D eigenvalue weighted by molar-refractivity contribution is -0.126. The molecule has 1 aromatic carbocycles. The van der Waals surface area contributed by atoms with Crippen LogP contribution >= 0.6 is 0 Å². The first-order valence-electron chi connectivity index (χ1n) is 7.93. The fraction of sp³-hybridized carbons (Fsp3) is 0.611. The molecule has 3 nitrogen and oxygen atoms in total. The summed E-state index contributed by atoms with van der Waals surface area (Å²) in [5.74, 6) is 0.692. The maximum atomic E-state index is 12.6. The summed E-state index contributed by atoms with van der Waals surface area (Å²) < 4.78 is 0. The van der Waals surface area contributed by atoms with Crippen LogP contribution in [0.1, 0.15) is 45.7 Å². The van der Waals surface area contributed by atoms with Gasteiger partial charge in [-0.2, -0.15) is 0 Å². The zero-order valence-electron chi connectivity index (χ0n) is 13.6. The van der Waals surface area contributed by atoms with Crippen LogP contribution in [0.4, 0.5) is 0 Å². The summed E-state index contributed by atoms with van der Waals surface area (Å²) in [5.41, 5.74) is 1.37. The normalized spacial score (nSPS) is 23.8. The zero-order valence-corrected chi connectivity index (χ0v) is 13.6. The predicted octanol–water partition coefficient (Wildman–Crippen LogP) is 3.14. The number of hydrogen-bond donors (Lipinski definition) is 2. The molecule has 1 unspecified atom stereocenters. The topological polar surface area (TPSA) is 41.1 Å². The molecule has 1 aliphatic heterocycles. The Morgan fingerprint density at radius 1 is 1.29 bits per heavy atom. The van der Waals surface area contributed by atoms with Gasteiger partial charge in [0, 0.05) is 6.54 Å². The van der Waals surface area contributed by atoms with Crippen LogP contribution in [0.25, 0.3) is 0 Å². The summed E-state index contributed by atoms with van der Waals surface area (Å²) >= 11 is 0. The van der Waals surface area contributed by atoms with Gasteiger partial charge in [-0.1, -0.05) is 58.0 Å². The first kappa shape index (κ1) is 16.0. The van der Waals surface area contributed by atoms with Gasteiger partial charge in [-0.3, -0.25) is 4.79 Å². The van der Waals surface area contributed by atoms with Crippen molar-refractivity contribution in [3.05, 3.63) is 35.9 Å². The van der Waals surface area contributed by atoms with Gasteiger partial charge in [0.1, 0.15) is 0 Å². The second-order valence-electron chi connectivity index (χ2n) is 7.48. The Kier molecular flexibility index (Phi) is 5.04. The lowest BCUT2D eigenvalue weighted by atomic mass is 9.85. The lowest BCUT2D eigenvalue weighted by Crippen LogP contribution is -2.38. The van der Waals surface area contributed by atoms with Crippen molar-refractivity contribution < 1.29 is 4.79 Å². The molecular formula is C18H28N2O. The van der Waals surface area contributed by atoms with Gasteiger partial charge in [0.25, 0.3) is 0 Å². The van der Waals surface area contributed by atoms with E-state index in [0.29, 0.717) is 5.92 Å². The Morgan fingerprint density at radius 2 is 1.95 bits per heavy atom. The number of rotatable bonds is 4. The fourth-order valence-corrected chi connectivity index (χ4v) is 2.99. The first-order chi connectivity index (χ1) is 9.87. The van der Waals surface area contributed by atoms with E-state index in [0.717, 1.165) is 19.5 Å². The summed E-state index contributed by atoms with van der Waals surface area (Å²) in [6.45, 7) is 10.5. The Morgan fingerprint density at radius 3 is 2.48 bits per heavy atom. The molecule has 3 atom stereocenters. The molecule has 0 saturated carbocycles. The van der Waals surface area contributed by atoms with E-state index in [1.165, 1.54) is 5.56 Å². The van der Waals surface area contributed by atoms with Crippen molar-refractivity contribution in [3.63, 3.8) is 0 Å². The highest BCUT2D eigenvalue weighted by Crippen LogP contribution is 2.30. The molecule has 1 saturated heterocycles. The Bertz CT molecular complexity index is 464. The molecule has 1 fully saturated rings. The second kappa shape index (κ2) is 6.61. The second-order valence-corrected chi connectivity index (χ2v) is 7.48. The van der Waals surface area contributed by atoms with Crippen molar-refractivity contribution >= 4 is 5.91 Å². The molecule has 2 rings (SSSR count). The average Bonchev–Trinajstić information content (AvgIpc) is 2.84.